The van der Waals surface area contributed by atoms with Crippen LogP contribution in [-0.4, -0.2) is 50.7 Å². The summed E-state index contributed by atoms with van der Waals surface area (Å²) in [6, 6.07) is 6.20. The molecule has 122 valence electrons. The lowest BCUT2D eigenvalue weighted by Crippen LogP contribution is -2.42. The zero-order valence-corrected chi connectivity index (χ0v) is 14.4. The van der Waals surface area contributed by atoms with Crippen molar-refractivity contribution in [2.24, 2.45) is 11.8 Å². The van der Waals surface area contributed by atoms with E-state index in [0.29, 0.717) is 17.4 Å². The number of hydrogen-bond donors (Lipinski definition) is 0. The van der Waals surface area contributed by atoms with Crippen LogP contribution in [0.5, 0.6) is 0 Å². The Labute approximate surface area is 133 Å². The lowest BCUT2D eigenvalue weighted by Gasteiger charge is -2.35. The summed E-state index contributed by atoms with van der Waals surface area (Å²) in [6.07, 6.45) is 1.14. The first kappa shape index (κ1) is 17.0. The highest BCUT2D eigenvalue weighted by Crippen LogP contribution is 2.23. The second-order valence-corrected chi connectivity index (χ2v) is 8.62. The summed E-state index contributed by atoms with van der Waals surface area (Å²) in [6.45, 7) is 5.84. The van der Waals surface area contributed by atoms with Crippen LogP contribution in [0.3, 0.4) is 0 Å². The largest absolute Gasteiger partial charge is 0.338 e. The molecule has 0 aliphatic carbocycles. The molecule has 0 spiro atoms. The van der Waals surface area contributed by atoms with Crippen molar-refractivity contribution in [3.05, 3.63) is 29.8 Å². The zero-order valence-electron chi connectivity index (χ0n) is 13.6. The summed E-state index contributed by atoms with van der Waals surface area (Å²) in [4.78, 5) is 14.6. The van der Waals surface area contributed by atoms with Crippen LogP contribution in [0.1, 0.15) is 30.6 Å². The Morgan fingerprint density at radius 1 is 1.09 bits per heavy atom. The summed E-state index contributed by atoms with van der Waals surface area (Å²) in [7, 11) is -0.471. The normalized spacial score (nSPS) is 22.9. The second kappa shape index (κ2) is 6.38. The molecule has 1 heterocycles. The Hall–Kier alpha value is -1.40. The first-order chi connectivity index (χ1) is 10.2. The van der Waals surface area contributed by atoms with E-state index in [-0.39, 0.29) is 10.8 Å². The summed E-state index contributed by atoms with van der Waals surface area (Å²) in [5.74, 6) is 0.981. The van der Waals surface area contributed by atoms with Crippen molar-refractivity contribution in [1.82, 2.24) is 9.21 Å². The van der Waals surface area contributed by atoms with Gasteiger partial charge in [-0.1, -0.05) is 13.8 Å². The van der Waals surface area contributed by atoms with Crippen molar-refractivity contribution in [3.8, 4) is 0 Å². The van der Waals surface area contributed by atoms with Crippen LogP contribution in [0.15, 0.2) is 29.2 Å². The van der Waals surface area contributed by atoms with Crippen molar-refractivity contribution in [2.75, 3.05) is 27.2 Å². The highest BCUT2D eigenvalue weighted by atomic mass is 32.2. The summed E-state index contributed by atoms with van der Waals surface area (Å²) >= 11 is 0. The topological polar surface area (TPSA) is 57.7 Å². The van der Waals surface area contributed by atoms with Crippen molar-refractivity contribution >= 4 is 15.9 Å². The van der Waals surface area contributed by atoms with Gasteiger partial charge in [-0.15, -0.1) is 0 Å². The van der Waals surface area contributed by atoms with E-state index in [1.54, 1.807) is 12.1 Å². The fourth-order valence-electron chi connectivity index (χ4n) is 2.99. The van der Waals surface area contributed by atoms with Gasteiger partial charge in [-0.05, 0) is 42.5 Å². The number of hydrogen-bond acceptors (Lipinski definition) is 3. The van der Waals surface area contributed by atoms with E-state index in [0.717, 1.165) is 23.8 Å². The molecule has 1 aliphatic heterocycles. The van der Waals surface area contributed by atoms with E-state index < -0.39 is 10.0 Å². The molecule has 2 atom stereocenters. The van der Waals surface area contributed by atoms with E-state index in [9.17, 15) is 13.2 Å². The molecular weight excluding hydrogens is 300 g/mol. The van der Waals surface area contributed by atoms with Crippen LogP contribution in [0.2, 0.25) is 0 Å². The molecule has 1 fully saturated rings. The number of carbonyl (C=O) groups excluding carboxylic acids is 1. The Balaban J connectivity index is 2.18. The fraction of sp³-hybridized carbons (Fsp3) is 0.562. The minimum Gasteiger partial charge on any atom is -0.338 e. The van der Waals surface area contributed by atoms with Gasteiger partial charge >= 0.3 is 0 Å². The first-order valence-electron chi connectivity index (χ1n) is 7.53. The van der Waals surface area contributed by atoms with Gasteiger partial charge in [0.25, 0.3) is 5.91 Å². The summed E-state index contributed by atoms with van der Waals surface area (Å²) < 4.78 is 25.2. The van der Waals surface area contributed by atoms with Gasteiger partial charge in [0, 0.05) is 32.7 Å². The molecule has 6 heteroatoms. The maximum Gasteiger partial charge on any atom is 0.253 e. The molecule has 0 bridgehead atoms. The van der Waals surface area contributed by atoms with E-state index in [1.807, 2.05) is 4.90 Å². The van der Waals surface area contributed by atoms with Gasteiger partial charge in [0.1, 0.15) is 0 Å². The number of nitrogens with zero attached hydrogens (tertiary/aromatic N) is 2. The quantitative estimate of drug-likeness (QED) is 0.855. The molecule has 5 nitrogen and oxygen atoms in total. The summed E-state index contributed by atoms with van der Waals surface area (Å²) in [5, 5.41) is 0. The third-order valence-corrected chi connectivity index (χ3v) is 5.87. The van der Waals surface area contributed by atoms with Gasteiger partial charge in [0.2, 0.25) is 10.0 Å². The molecule has 2 unspecified atom stereocenters. The smallest absolute Gasteiger partial charge is 0.253 e. The molecule has 1 amide bonds. The molecular formula is C16H24N2O3S. The average Bonchev–Trinajstić information content (AvgIpc) is 2.45. The number of rotatable bonds is 3. The molecule has 1 aromatic carbocycles. The van der Waals surface area contributed by atoms with E-state index in [2.05, 4.69) is 13.8 Å². The van der Waals surface area contributed by atoms with E-state index >= 15 is 0 Å². The van der Waals surface area contributed by atoms with Crippen molar-refractivity contribution in [2.45, 2.75) is 25.2 Å². The van der Waals surface area contributed by atoms with Gasteiger partial charge < -0.3 is 4.90 Å². The standard InChI is InChI=1S/C16H24N2O3S/c1-12-9-13(2)11-18(10-12)16(19)14-5-7-15(8-6-14)22(20,21)17(3)4/h5-8,12-13H,9-11H2,1-4H3. The Morgan fingerprint density at radius 3 is 2.05 bits per heavy atom. The number of amides is 1. The Morgan fingerprint density at radius 2 is 1.59 bits per heavy atom. The highest BCUT2D eigenvalue weighted by molar-refractivity contribution is 7.89. The van der Waals surface area contributed by atoms with Crippen LogP contribution in [-0.2, 0) is 10.0 Å². The molecule has 0 saturated carbocycles. The van der Waals surface area contributed by atoms with Gasteiger partial charge in [0.05, 0.1) is 4.90 Å². The predicted molar refractivity (Wildman–Crippen MR) is 86.2 cm³/mol. The molecule has 1 aliphatic rings. The lowest BCUT2D eigenvalue weighted by atomic mass is 9.91. The van der Waals surface area contributed by atoms with Crippen LogP contribution < -0.4 is 0 Å². The monoisotopic (exact) mass is 324 g/mol. The Kier molecular flexibility index (Phi) is 4.92. The van der Waals surface area contributed by atoms with Gasteiger partial charge in [0.15, 0.2) is 0 Å². The van der Waals surface area contributed by atoms with E-state index in [4.69, 9.17) is 0 Å². The molecule has 0 N–H and O–H groups in total. The van der Waals surface area contributed by atoms with Crippen molar-refractivity contribution in [3.63, 3.8) is 0 Å². The first-order valence-corrected chi connectivity index (χ1v) is 8.97. The molecule has 22 heavy (non-hydrogen) atoms. The molecule has 1 saturated heterocycles. The number of likely N-dealkylation sites (tertiary alicyclic amines) is 1. The molecule has 1 aromatic rings. The number of piperidine rings is 1. The van der Waals surface area contributed by atoms with Crippen molar-refractivity contribution < 1.29 is 13.2 Å². The average molecular weight is 324 g/mol. The van der Waals surface area contributed by atoms with Crippen LogP contribution in [0.4, 0.5) is 0 Å². The maximum atomic E-state index is 12.6. The van der Waals surface area contributed by atoms with Gasteiger partial charge in [-0.25, -0.2) is 12.7 Å². The fourth-order valence-corrected chi connectivity index (χ4v) is 3.89. The number of carbonyl (C=O) groups is 1. The summed E-state index contributed by atoms with van der Waals surface area (Å²) in [5.41, 5.74) is 0.541. The number of benzene rings is 1. The van der Waals surface area contributed by atoms with Gasteiger partial charge in [-0.2, -0.15) is 0 Å². The SMILES string of the molecule is CC1CC(C)CN(C(=O)c2ccc(S(=O)(=O)N(C)C)cc2)C1. The van der Waals surface area contributed by atoms with Crippen LogP contribution >= 0.6 is 0 Å². The minimum absolute atomic E-state index is 0.0211. The minimum atomic E-state index is -3.45. The molecule has 2 rings (SSSR count). The van der Waals surface area contributed by atoms with Crippen LogP contribution in [0, 0.1) is 11.8 Å². The third-order valence-electron chi connectivity index (χ3n) is 4.04. The van der Waals surface area contributed by atoms with Crippen molar-refractivity contribution in [1.29, 1.82) is 0 Å². The second-order valence-electron chi connectivity index (χ2n) is 6.47. The predicted octanol–water partition coefficient (Wildman–Crippen LogP) is 2.05. The third kappa shape index (κ3) is 3.50. The zero-order chi connectivity index (χ0) is 16.5. The van der Waals surface area contributed by atoms with Crippen LogP contribution in [0.25, 0.3) is 0 Å². The molecule has 0 radical (unpaired) electrons. The van der Waals surface area contributed by atoms with E-state index in [1.165, 1.54) is 26.2 Å². The number of sulfonamides is 1. The van der Waals surface area contributed by atoms with Gasteiger partial charge in [-0.3, -0.25) is 4.79 Å². The lowest BCUT2D eigenvalue weighted by molar-refractivity contribution is 0.0623. The highest BCUT2D eigenvalue weighted by Gasteiger charge is 2.26. The Bertz CT molecular complexity index is 628. The maximum absolute atomic E-state index is 12.6. The molecule has 0 aromatic heterocycles.